The number of piperidine rings is 1. The van der Waals surface area contributed by atoms with Crippen LogP contribution in [-0.4, -0.2) is 52.1 Å². The summed E-state index contributed by atoms with van der Waals surface area (Å²) in [4.78, 5) is 14.4. The number of esters is 1. The summed E-state index contributed by atoms with van der Waals surface area (Å²) in [5, 5.41) is 7.65. The molecule has 0 unspecified atom stereocenters. The lowest BCUT2D eigenvalue weighted by Gasteiger charge is -2.33. The lowest BCUT2D eigenvalue weighted by atomic mass is 9.86. The number of likely N-dealkylation sites (tertiary alicyclic amines) is 1. The summed E-state index contributed by atoms with van der Waals surface area (Å²) >= 11 is 6.10. The molecule has 9 nitrogen and oxygen atoms in total. The number of nitrogens with two attached hydrogens (primary N) is 1. The summed E-state index contributed by atoms with van der Waals surface area (Å²) in [6.45, 7) is 4.55. The number of hydrogen-bond acceptors (Lipinski definition) is 7. The van der Waals surface area contributed by atoms with Crippen molar-refractivity contribution in [1.82, 2.24) is 4.90 Å². The van der Waals surface area contributed by atoms with Gasteiger partial charge in [0.05, 0.1) is 18.7 Å². The van der Waals surface area contributed by atoms with E-state index in [9.17, 15) is 13.2 Å². The molecular weight excluding hydrogens is 517 g/mol. The van der Waals surface area contributed by atoms with Crippen LogP contribution in [0.2, 0.25) is 5.02 Å². The SMILES string of the molecule is CCOC(=O)c1c(OS(=O)(=O)c2ccccc2Cl)cc(C2CCN(C(=N)N)CC2)c(OC)c1C.Cl. The number of ether oxygens (including phenoxy) is 2. The van der Waals surface area contributed by atoms with Gasteiger partial charge in [0.1, 0.15) is 16.2 Å². The Kier molecular flexibility index (Phi) is 9.65. The highest BCUT2D eigenvalue weighted by atomic mass is 35.5. The Labute approximate surface area is 216 Å². The maximum atomic E-state index is 13.1. The van der Waals surface area contributed by atoms with Crippen molar-refractivity contribution in [3.05, 3.63) is 52.0 Å². The molecule has 0 aromatic heterocycles. The molecule has 1 aliphatic heterocycles. The zero-order chi connectivity index (χ0) is 25.0. The first kappa shape index (κ1) is 28.5. The fraction of sp³-hybridized carbons (Fsp3) is 0.391. The number of nitrogens with one attached hydrogen (secondary N) is 1. The molecule has 1 saturated heterocycles. The molecule has 0 spiro atoms. The van der Waals surface area contributed by atoms with Gasteiger partial charge in [-0.15, -0.1) is 12.4 Å². The number of benzene rings is 2. The average Bonchev–Trinajstić information content (AvgIpc) is 2.79. The average molecular weight is 546 g/mol. The summed E-state index contributed by atoms with van der Waals surface area (Å²) in [5.41, 5.74) is 6.70. The first-order valence-electron chi connectivity index (χ1n) is 10.8. The van der Waals surface area contributed by atoms with Crippen LogP contribution in [0.3, 0.4) is 0 Å². The van der Waals surface area contributed by atoms with E-state index in [-0.39, 0.29) is 52.1 Å². The monoisotopic (exact) mass is 545 g/mol. The molecule has 0 radical (unpaired) electrons. The zero-order valence-electron chi connectivity index (χ0n) is 19.7. The molecule has 0 atom stereocenters. The van der Waals surface area contributed by atoms with Gasteiger partial charge in [-0.2, -0.15) is 8.42 Å². The number of carbonyl (C=O) groups excluding carboxylic acids is 1. The van der Waals surface area contributed by atoms with Gasteiger partial charge in [0.25, 0.3) is 0 Å². The molecule has 0 saturated carbocycles. The molecule has 3 N–H and O–H groups in total. The van der Waals surface area contributed by atoms with Gasteiger partial charge in [-0.25, -0.2) is 4.79 Å². The van der Waals surface area contributed by atoms with Crippen molar-refractivity contribution in [3.8, 4) is 11.5 Å². The first-order chi connectivity index (χ1) is 16.1. The number of rotatable bonds is 7. The minimum atomic E-state index is -4.35. The van der Waals surface area contributed by atoms with Crippen LogP contribution in [0, 0.1) is 12.3 Å². The van der Waals surface area contributed by atoms with Crippen LogP contribution in [0.5, 0.6) is 11.5 Å². The fourth-order valence-corrected chi connectivity index (χ4v) is 5.56. The van der Waals surface area contributed by atoms with Crippen LogP contribution in [-0.2, 0) is 14.9 Å². The Balaban J connectivity index is 0.00000432. The number of methoxy groups -OCH3 is 1. The predicted molar refractivity (Wildman–Crippen MR) is 136 cm³/mol. The third-order valence-corrected chi connectivity index (χ3v) is 7.51. The van der Waals surface area contributed by atoms with Crippen LogP contribution in [0.25, 0.3) is 0 Å². The van der Waals surface area contributed by atoms with Crippen LogP contribution in [0.1, 0.15) is 47.2 Å². The molecule has 1 fully saturated rings. The highest BCUT2D eigenvalue weighted by Crippen LogP contribution is 2.42. The molecule has 12 heteroatoms. The van der Waals surface area contributed by atoms with E-state index in [2.05, 4.69) is 0 Å². The second-order valence-corrected chi connectivity index (χ2v) is 9.75. The van der Waals surface area contributed by atoms with Crippen molar-refractivity contribution < 1.29 is 26.9 Å². The fourth-order valence-electron chi connectivity index (χ4n) is 4.13. The second-order valence-electron chi connectivity index (χ2n) is 7.83. The van der Waals surface area contributed by atoms with Gasteiger partial charge >= 0.3 is 16.1 Å². The van der Waals surface area contributed by atoms with Gasteiger partial charge in [0, 0.05) is 24.2 Å². The Morgan fingerprint density at radius 1 is 1.26 bits per heavy atom. The van der Waals surface area contributed by atoms with E-state index in [0.29, 0.717) is 42.8 Å². The molecule has 192 valence electrons. The quantitative estimate of drug-likeness (QED) is 0.230. The van der Waals surface area contributed by atoms with E-state index < -0.39 is 16.1 Å². The molecule has 35 heavy (non-hydrogen) atoms. The molecule has 1 aliphatic rings. The summed E-state index contributed by atoms with van der Waals surface area (Å²) in [6.07, 6.45) is 1.32. The van der Waals surface area contributed by atoms with Crippen molar-refractivity contribution in [1.29, 1.82) is 5.41 Å². The van der Waals surface area contributed by atoms with Crippen molar-refractivity contribution in [3.63, 3.8) is 0 Å². The van der Waals surface area contributed by atoms with E-state index in [1.807, 2.05) is 0 Å². The van der Waals surface area contributed by atoms with E-state index in [1.54, 1.807) is 24.8 Å². The number of guanidine groups is 1. The molecule has 1 heterocycles. The van der Waals surface area contributed by atoms with Crippen molar-refractivity contribution in [2.75, 3.05) is 26.8 Å². The lowest BCUT2D eigenvalue weighted by Crippen LogP contribution is -2.41. The summed E-state index contributed by atoms with van der Waals surface area (Å²) < 4.78 is 42.5. The maximum absolute atomic E-state index is 13.1. The summed E-state index contributed by atoms with van der Waals surface area (Å²) in [7, 11) is -2.86. The number of halogens is 2. The minimum absolute atomic E-state index is 0. The Bertz CT molecular complexity index is 1200. The third-order valence-electron chi connectivity index (χ3n) is 5.78. The van der Waals surface area contributed by atoms with E-state index in [4.69, 9.17) is 36.4 Å². The van der Waals surface area contributed by atoms with Crippen molar-refractivity contribution >= 4 is 46.1 Å². The zero-order valence-corrected chi connectivity index (χ0v) is 22.1. The first-order valence-corrected chi connectivity index (χ1v) is 12.6. The predicted octanol–water partition coefficient (Wildman–Crippen LogP) is 4.10. The molecular formula is C23H29Cl2N3O6S. The Hall–Kier alpha value is -2.69. The van der Waals surface area contributed by atoms with Gasteiger partial charge in [-0.05, 0) is 50.8 Å². The highest BCUT2D eigenvalue weighted by Gasteiger charge is 2.32. The van der Waals surface area contributed by atoms with E-state index >= 15 is 0 Å². The highest BCUT2D eigenvalue weighted by molar-refractivity contribution is 7.87. The van der Waals surface area contributed by atoms with Crippen LogP contribution < -0.4 is 14.7 Å². The smallest absolute Gasteiger partial charge is 0.342 e. The van der Waals surface area contributed by atoms with Crippen molar-refractivity contribution in [2.24, 2.45) is 5.73 Å². The van der Waals surface area contributed by atoms with Crippen LogP contribution in [0.4, 0.5) is 0 Å². The standard InChI is InChI=1S/C23H28ClN3O6S.ClH/c1-4-32-22(28)20-14(2)21(31-3)16(15-9-11-27(12-10-15)23(25)26)13-18(20)33-34(29,30)19-8-6-5-7-17(19)24;/h5-8,13,15H,4,9-12H2,1-3H3,(H3,25,26);1H. The maximum Gasteiger partial charge on any atom is 0.342 e. The van der Waals surface area contributed by atoms with Crippen LogP contribution in [0.15, 0.2) is 35.2 Å². The van der Waals surface area contributed by atoms with E-state index in [1.165, 1.54) is 31.4 Å². The van der Waals surface area contributed by atoms with Gasteiger partial charge in [0.15, 0.2) is 11.7 Å². The van der Waals surface area contributed by atoms with Gasteiger partial charge in [0.2, 0.25) is 0 Å². The second kappa shape index (κ2) is 11.8. The Morgan fingerprint density at radius 3 is 2.43 bits per heavy atom. The number of hydrogen-bond donors (Lipinski definition) is 2. The van der Waals surface area contributed by atoms with E-state index in [0.717, 1.165) is 0 Å². The lowest BCUT2D eigenvalue weighted by molar-refractivity contribution is 0.0523. The molecule has 0 bridgehead atoms. The topological polar surface area (TPSA) is 132 Å². The largest absolute Gasteiger partial charge is 0.496 e. The summed E-state index contributed by atoms with van der Waals surface area (Å²) in [5.74, 6) is -0.423. The molecule has 3 rings (SSSR count). The normalized spacial score (nSPS) is 14.1. The molecule has 2 aromatic rings. The van der Waals surface area contributed by atoms with Gasteiger partial charge in [-0.3, -0.25) is 5.41 Å². The third kappa shape index (κ3) is 6.12. The number of nitrogens with zero attached hydrogens (tertiary/aromatic N) is 1. The van der Waals surface area contributed by atoms with Crippen LogP contribution >= 0.6 is 24.0 Å². The Morgan fingerprint density at radius 2 is 1.89 bits per heavy atom. The number of carbonyl (C=O) groups is 1. The van der Waals surface area contributed by atoms with Crippen molar-refractivity contribution in [2.45, 2.75) is 37.5 Å². The summed E-state index contributed by atoms with van der Waals surface area (Å²) in [6, 6.07) is 7.44. The minimum Gasteiger partial charge on any atom is -0.496 e. The molecule has 2 aromatic carbocycles. The molecule has 0 aliphatic carbocycles. The van der Waals surface area contributed by atoms with Gasteiger partial charge in [-0.1, -0.05) is 23.7 Å². The van der Waals surface area contributed by atoms with Gasteiger partial charge < -0.3 is 24.3 Å². The molecule has 0 amide bonds.